The van der Waals surface area contributed by atoms with Crippen molar-refractivity contribution >= 4 is 0 Å². The van der Waals surface area contributed by atoms with Crippen molar-refractivity contribution in [2.24, 2.45) is 5.92 Å². The molecule has 0 aromatic heterocycles. The van der Waals surface area contributed by atoms with Gasteiger partial charge >= 0.3 is 0 Å². The van der Waals surface area contributed by atoms with Gasteiger partial charge in [0.1, 0.15) is 5.75 Å². The quantitative estimate of drug-likeness (QED) is 0.747. The van der Waals surface area contributed by atoms with Gasteiger partial charge in [0.05, 0.1) is 6.61 Å². The van der Waals surface area contributed by atoms with Crippen molar-refractivity contribution in [3.8, 4) is 5.75 Å². The maximum Gasteiger partial charge on any atom is 0.118 e. The molecule has 0 aliphatic heterocycles. The molecule has 0 spiro atoms. The van der Waals surface area contributed by atoms with Gasteiger partial charge in [-0.25, -0.2) is 0 Å². The molecular weight excluding hydrogens is 164 g/mol. The normalized spacial score (nSPS) is 10.8. The molecule has 72 valence electrons. The summed E-state index contributed by atoms with van der Waals surface area (Å²) < 4.78 is 0. The maximum atomic E-state index is 9.50. The fourth-order valence-corrected chi connectivity index (χ4v) is 1.34. The third-order valence-electron chi connectivity index (χ3n) is 1.95. The van der Waals surface area contributed by atoms with Crippen molar-refractivity contribution in [1.82, 2.24) is 0 Å². The first kappa shape index (κ1) is 10.1. The predicted molar refractivity (Wildman–Crippen MR) is 52.6 cm³/mol. The fraction of sp³-hybridized carbons (Fsp3) is 0.455. The Kier molecular flexibility index (Phi) is 3.32. The van der Waals surface area contributed by atoms with E-state index in [0.717, 1.165) is 17.5 Å². The average molecular weight is 180 g/mol. The molecule has 0 amide bonds. The van der Waals surface area contributed by atoms with E-state index in [9.17, 15) is 5.11 Å². The van der Waals surface area contributed by atoms with Gasteiger partial charge in [0, 0.05) is 0 Å². The van der Waals surface area contributed by atoms with Gasteiger partial charge in [-0.2, -0.15) is 0 Å². The van der Waals surface area contributed by atoms with E-state index >= 15 is 0 Å². The third-order valence-corrected chi connectivity index (χ3v) is 1.95. The van der Waals surface area contributed by atoms with E-state index in [0.29, 0.717) is 11.7 Å². The van der Waals surface area contributed by atoms with E-state index in [-0.39, 0.29) is 6.61 Å². The zero-order valence-electron chi connectivity index (χ0n) is 8.12. The predicted octanol–water partition coefficient (Wildman–Crippen LogP) is 2.08. The average Bonchev–Trinajstić information content (AvgIpc) is 2.08. The van der Waals surface area contributed by atoms with Gasteiger partial charge in [0.2, 0.25) is 0 Å². The zero-order chi connectivity index (χ0) is 9.84. The van der Waals surface area contributed by atoms with E-state index in [1.54, 1.807) is 12.1 Å². The molecule has 2 nitrogen and oxygen atoms in total. The van der Waals surface area contributed by atoms with Crippen LogP contribution in [0.2, 0.25) is 0 Å². The van der Waals surface area contributed by atoms with Crippen LogP contribution in [0.15, 0.2) is 18.2 Å². The molecule has 0 unspecified atom stereocenters. The van der Waals surface area contributed by atoms with E-state index in [1.165, 1.54) is 0 Å². The van der Waals surface area contributed by atoms with E-state index in [4.69, 9.17) is 5.11 Å². The molecule has 0 saturated carbocycles. The second-order valence-electron chi connectivity index (χ2n) is 3.72. The number of hydrogen-bond donors (Lipinski definition) is 2. The molecule has 2 N–H and O–H groups in total. The summed E-state index contributed by atoms with van der Waals surface area (Å²) in [5, 5.41) is 18.4. The SMILES string of the molecule is CC(C)Cc1cc(CO)ccc1O. The van der Waals surface area contributed by atoms with Gasteiger partial charge in [-0.15, -0.1) is 0 Å². The highest BCUT2D eigenvalue weighted by Crippen LogP contribution is 2.21. The van der Waals surface area contributed by atoms with Crippen molar-refractivity contribution in [3.05, 3.63) is 29.3 Å². The summed E-state index contributed by atoms with van der Waals surface area (Å²) in [6, 6.07) is 5.23. The number of rotatable bonds is 3. The molecule has 0 atom stereocenters. The first-order chi connectivity index (χ1) is 6.13. The Labute approximate surface area is 78.8 Å². The summed E-state index contributed by atoms with van der Waals surface area (Å²) in [5.74, 6) is 0.839. The summed E-state index contributed by atoms with van der Waals surface area (Å²) in [4.78, 5) is 0. The van der Waals surface area contributed by atoms with Crippen molar-refractivity contribution < 1.29 is 10.2 Å². The first-order valence-electron chi connectivity index (χ1n) is 4.55. The lowest BCUT2D eigenvalue weighted by molar-refractivity contribution is 0.281. The molecule has 0 bridgehead atoms. The third kappa shape index (κ3) is 2.74. The Balaban J connectivity index is 2.90. The summed E-state index contributed by atoms with van der Waals surface area (Å²) >= 11 is 0. The molecule has 1 rings (SSSR count). The zero-order valence-corrected chi connectivity index (χ0v) is 8.12. The molecule has 1 aromatic carbocycles. The van der Waals surface area contributed by atoms with E-state index in [1.807, 2.05) is 6.07 Å². The smallest absolute Gasteiger partial charge is 0.118 e. The number of aromatic hydroxyl groups is 1. The molecule has 0 aliphatic rings. The molecule has 2 heteroatoms. The Bertz CT molecular complexity index is 279. The minimum absolute atomic E-state index is 0.0331. The minimum atomic E-state index is 0.0331. The summed E-state index contributed by atoms with van der Waals surface area (Å²) in [5.41, 5.74) is 1.77. The largest absolute Gasteiger partial charge is 0.508 e. The van der Waals surface area contributed by atoms with Crippen LogP contribution in [0.4, 0.5) is 0 Å². The Morgan fingerprint density at radius 3 is 2.54 bits per heavy atom. The molecular formula is C11H16O2. The molecule has 13 heavy (non-hydrogen) atoms. The number of aliphatic hydroxyl groups excluding tert-OH is 1. The van der Waals surface area contributed by atoms with Crippen LogP contribution in [0, 0.1) is 5.92 Å². The second-order valence-corrected chi connectivity index (χ2v) is 3.72. The summed E-state index contributed by atoms with van der Waals surface area (Å²) in [6.07, 6.45) is 0.847. The van der Waals surface area contributed by atoms with Gasteiger partial charge in [-0.3, -0.25) is 0 Å². The minimum Gasteiger partial charge on any atom is -0.508 e. The molecule has 0 fully saturated rings. The molecule has 0 heterocycles. The highest BCUT2D eigenvalue weighted by atomic mass is 16.3. The molecule has 0 aliphatic carbocycles. The summed E-state index contributed by atoms with van der Waals surface area (Å²) in [6.45, 7) is 4.24. The van der Waals surface area contributed by atoms with Crippen LogP contribution >= 0.6 is 0 Å². The Hall–Kier alpha value is -1.02. The van der Waals surface area contributed by atoms with Gasteiger partial charge in [-0.1, -0.05) is 19.9 Å². The van der Waals surface area contributed by atoms with Crippen LogP contribution in [0.1, 0.15) is 25.0 Å². The molecule has 0 saturated heterocycles. The summed E-state index contributed by atoms with van der Waals surface area (Å²) in [7, 11) is 0. The van der Waals surface area contributed by atoms with Crippen LogP contribution in [-0.4, -0.2) is 10.2 Å². The lowest BCUT2D eigenvalue weighted by Gasteiger charge is -2.08. The molecule has 1 aromatic rings. The Morgan fingerprint density at radius 2 is 2.00 bits per heavy atom. The maximum absolute atomic E-state index is 9.50. The fourth-order valence-electron chi connectivity index (χ4n) is 1.34. The Morgan fingerprint density at radius 1 is 1.31 bits per heavy atom. The van der Waals surface area contributed by atoms with E-state index < -0.39 is 0 Å². The van der Waals surface area contributed by atoms with Crippen molar-refractivity contribution in [2.45, 2.75) is 26.9 Å². The highest BCUT2D eigenvalue weighted by molar-refractivity contribution is 5.36. The van der Waals surface area contributed by atoms with Crippen molar-refractivity contribution in [3.63, 3.8) is 0 Å². The number of hydrogen-bond acceptors (Lipinski definition) is 2. The van der Waals surface area contributed by atoms with Crippen LogP contribution in [-0.2, 0) is 13.0 Å². The van der Waals surface area contributed by atoms with Crippen LogP contribution < -0.4 is 0 Å². The lowest BCUT2D eigenvalue weighted by Crippen LogP contribution is -1.96. The number of phenols is 1. The topological polar surface area (TPSA) is 40.5 Å². The number of benzene rings is 1. The van der Waals surface area contributed by atoms with Crippen LogP contribution in [0.25, 0.3) is 0 Å². The second kappa shape index (κ2) is 4.28. The van der Waals surface area contributed by atoms with Crippen LogP contribution in [0.5, 0.6) is 5.75 Å². The standard InChI is InChI=1S/C11H16O2/c1-8(2)5-10-6-9(7-12)3-4-11(10)13/h3-4,6,8,12-13H,5,7H2,1-2H3. The monoisotopic (exact) mass is 180 g/mol. The molecule has 0 radical (unpaired) electrons. The van der Waals surface area contributed by atoms with Crippen molar-refractivity contribution in [2.75, 3.05) is 0 Å². The van der Waals surface area contributed by atoms with Gasteiger partial charge in [0.15, 0.2) is 0 Å². The van der Waals surface area contributed by atoms with Gasteiger partial charge < -0.3 is 10.2 Å². The lowest BCUT2D eigenvalue weighted by atomic mass is 10.0. The van der Waals surface area contributed by atoms with Crippen LogP contribution in [0.3, 0.4) is 0 Å². The number of phenolic OH excluding ortho intramolecular Hbond substituents is 1. The van der Waals surface area contributed by atoms with Gasteiger partial charge in [0.25, 0.3) is 0 Å². The highest BCUT2D eigenvalue weighted by Gasteiger charge is 2.04. The van der Waals surface area contributed by atoms with Crippen molar-refractivity contribution in [1.29, 1.82) is 0 Å². The first-order valence-corrected chi connectivity index (χ1v) is 4.55. The van der Waals surface area contributed by atoms with E-state index in [2.05, 4.69) is 13.8 Å². The number of aliphatic hydroxyl groups is 1. The van der Waals surface area contributed by atoms with Gasteiger partial charge in [-0.05, 0) is 35.6 Å².